The molecular formula is C14H17ClN2O. The maximum absolute atomic E-state index is 8.80. The van der Waals surface area contributed by atoms with Gasteiger partial charge in [0.25, 0.3) is 0 Å². The topological polar surface area (TPSA) is 45.0 Å². The first-order chi connectivity index (χ1) is 8.74. The highest BCUT2D eigenvalue weighted by Crippen LogP contribution is 2.29. The van der Waals surface area contributed by atoms with Crippen LogP contribution >= 0.6 is 11.6 Å². The quantitative estimate of drug-likeness (QED) is 0.912. The van der Waals surface area contributed by atoms with Gasteiger partial charge in [-0.15, -0.1) is 0 Å². The zero-order valence-electron chi connectivity index (χ0n) is 10.4. The lowest BCUT2D eigenvalue weighted by molar-refractivity contribution is 0.118. The van der Waals surface area contributed by atoms with Crippen LogP contribution in [-0.4, -0.2) is 19.2 Å². The number of hydrogen-bond acceptors (Lipinski definition) is 3. The van der Waals surface area contributed by atoms with E-state index >= 15 is 0 Å². The molecule has 1 aliphatic carbocycles. The van der Waals surface area contributed by atoms with Gasteiger partial charge in [-0.05, 0) is 44.5 Å². The average Bonchev–Trinajstić information content (AvgIpc) is 2.41. The number of benzene rings is 1. The molecule has 1 saturated carbocycles. The molecule has 2 atom stereocenters. The second kappa shape index (κ2) is 6.08. The van der Waals surface area contributed by atoms with Crippen LogP contribution in [0.25, 0.3) is 0 Å². The number of nitrogens with one attached hydrogen (secondary N) is 1. The molecule has 1 aliphatic rings. The van der Waals surface area contributed by atoms with Crippen molar-refractivity contribution in [3.8, 4) is 11.8 Å². The van der Waals surface area contributed by atoms with E-state index < -0.39 is 0 Å². The SMILES string of the molecule is CNC1CCCCC1Oc1ccc(C#N)cc1Cl. The summed E-state index contributed by atoms with van der Waals surface area (Å²) in [5.74, 6) is 0.669. The van der Waals surface area contributed by atoms with Crippen molar-refractivity contribution in [3.05, 3.63) is 28.8 Å². The largest absolute Gasteiger partial charge is 0.487 e. The lowest BCUT2D eigenvalue weighted by Crippen LogP contribution is -2.43. The zero-order valence-corrected chi connectivity index (χ0v) is 11.2. The van der Waals surface area contributed by atoms with E-state index in [9.17, 15) is 0 Å². The summed E-state index contributed by atoms with van der Waals surface area (Å²) < 4.78 is 5.99. The molecule has 1 fully saturated rings. The Labute approximate surface area is 113 Å². The summed E-state index contributed by atoms with van der Waals surface area (Å²) in [5, 5.41) is 12.6. The number of nitrogens with zero attached hydrogens (tertiary/aromatic N) is 1. The molecule has 0 saturated heterocycles. The van der Waals surface area contributed by atoms with Crippen molar-refractivity contribution in [3.63, 3.8) is 0 Å². The van der Waals surface area contributed by atoms with Crippen molar-refractivity contribution in [1.29, 1.82) is 5.26 Å². The van der Waals surface area contributed by atoms with Crippen LogP contribution in [0.4, 0.5) is 0 Å². The van der Waals surface area contributed by atoms with E-state index in [1.54, 1.807) is 18.2 Å². The van der Waals surface area contributed by atoms with Gasteiger partial charge < -0.3 is 10.1 Å². The second-order valence-corrected chi connectivity index (χ2v) is 5.00. The Morgan fingerprint density at radius 2 is 2.17 bits per heavy atom. The minimum absolute atomic E-state index is 0.161. The Balaban J connectivity index is 2.10. The average molecular weight is 265 g/mol. The summed E-state index contributed by atoms with van der Waals surface area (Å²) in [6.07, 6.45) is 4.77. The molecule has 1 aromatic carbocycles. The highest BCUT2D eigenvalue weighted by Gasteiger charge is 2.25. The number of rotatable bonds is 3. The predicted molar refractivity (Wildman–Crippen MR) is 71.9 cm³/mol. The normalized spacial score (nSPS) is 23.4. The van der Waals surface area contributed by atoms with Crippen molar-refractivity contribution in [2.45, 2.75) is 37.8 Å². The molecule has 0 spiro atoms. The van der Waals surface area contributed by atoms with E-state index in [0.717, 1.165) is 12.8 Å². The second-order valence-electron chi connectivity index (χ2n) is 4.59. The summed E-state index contributed by atoms with van der Waals surface area (Å²) in [6, 6.07) is 7.61. The first-order valence-electron chi connectivity index (χ1n) is 6.28. The van der Waals surface area contributed by atoms with Gasteiger partial charge in [0.15, 0.2) is 0 Å². The van der Waals surface area contributed by atoms with Gasteiger partial charge >= 0.3 is 0 Å². The summed E-state index contributed by atoms with van der Waals surface area (Å²) in [4.78, 5) is 0. The van der Waals surface area contributed by atoms with E-state index in [1.807, 2.05) is 7.05 Å². The third-order valence-electron chi connectivity index (χ3n) is 3.41. The van der Waals surface area contributed by atoms with Gasteiger partial charge in [0.1, 0.15) is 11.9 Å². The van der Waals surface area contributed by atoms with Crippen molar-refractivity contribution in [1.82, 2.24) is 5.32 Å². The maximum atomic E-state index is 8.80. The standard InChI is InChI=1S/C14H17ClN2O/c1-17-12-4-2-3-5-14(12)18-13-7-6-10(9-16)8-11(13)15/h6-8,12,14,17H,2-5H2,1H3. The minimum atomic E-state index is 0.161. The Morgan fingerprint density at radius 1 is 1.39 bits per heavy atom. The molecule has 0 aromatic heterocycles. The monoisotopic (exact) mass is 264 g/mol. The van der Waals surface area contributed by atoms with Crippen LogP contribution < -0.4 is 10.1 Å². The lowest BCUT2D eigenvalue weighted by atomic mass is 9.92. The summed E-state index contributed by atoms with van der Waals surface area (Å²) in [7, 11) is 1.97. The first-order valence-corrected chi connectivity index (χ1v) is 6.66. The fourth-order valence-corrected chi connectivity index (χ4v) is 2.62. The predicted octanol–water partition coefficient (Wildman–Crippen LogP) is 3.12. The fourth-order valence-electron chi connectivity index (χ4n) is 2.40. The van der Waals surface area contributed by atoms with Gasteiger partial charge in [-0.3, -0.25) is 0 Å². The van der Waals surface area contributed by atoms with E-state index in [1.165, 1.54) is 12.8 Å². The van der Waals surface area contributed by atoms with E-state index in [-0.39, 0.29) is 6.10 Å². The number of likely N-dealkylation sites (N-methyl/N-ethyl adjacent to an activating group) is 1. The van der Waals surface area contributed by atoms with Gasteiger partial charge in [0.05, 0.1) is 16.7 Å². The number of halogens is 1. The van der Waals surface area contributed by atoms with E-state index in [2.05, 4.69) is 11.4 Å². The van der Waals surface area contributed by atoms with E-state index in [0.29, 0.717) is 22.4 Å². The van der Waals surface area contributed by atoms with Gasteiger partial charge in [0.2, 0.25) is 0 Å². The number of hydrogen-bond donors (Lipinski definition) is 1. The van der Waals surface area contributed by atoms with Gasteiger partial charge in [-0.25, -0.2) is 0 Å². The lowest BCUT2D eigenvalue weighted by Gasteiger charge is -2.31. The van der Waals surface area contributed by atoms with Gasteiger partial charge in [-0.2, -0.15) is 5.26 Å². The molecule has 18 heavy (non-hydrogen) atoms. The highest BCUT2D eigenvalue weighted by molar-refractivity contribution is 6.32. The molecule has 0 heterocycles. The van der Waals surface area contributed by atoms with Crippen LogP contribution in [0.3, 0.4) is 0 Å². The van der Waals surface area contributed by atoms with Crippen LogP contribution in [0.5, 0.6) is 5.75 Å². The van der Waals surface area contributed by atoms with Crippen LogP contribution in [-0.2, 0) is 0 Å². The number of ether oxygens (including phenoxy) is 1. The molecule has 1 N–H and O–H groups in total. The summed E-state index contributed by atoms with van der Waals surface area (Å²) >= 11 is 6.12. The van der Waals surface area contributed by atoms with Crippen LogP contribution in [0.2, 0.25) is 5.02 Å². The third kappa shape index (κ3) is 2.95. The van der Waals surface area contributed by atoms with Crippen molar-refractivity contribution in [2.24, 2.45) is 0 Å². The van der Waals surface area contributed by atoms with Gasteiger partial charge in [-0.1, -0.05) is 18.0 Å². The van der Waals surface area contributed by atoms with Crippen molar-refractivity contribution in [2.75, 3.05) is 7.05 Å². The van der Waals surface area contributed by atoms with Crippen molar-refractivity contribution < 1.29 is 4.74 Å². The Hall–Kier alpha value is -1.24. The summed E-state index contributed by atoms with van der Waals surface area (Å²) in [5.41, 5.74) is 0.557. The Bertz CT molecular complexity index is 456. The molecule has 1 aromatic rings. The molecule has 0 amide bonds. The van der Waals surface area contributed by atoms with Gasteiger partial charge in [0, 0.05) is 6.04 Å². The van der Waals surface area contributed by atoms with Crippen LogP contribution in [0.1, 0.15) is 31.2 Å². The third-order valence-corrected chi connectivity index (χ3v) is 3.71. The molecule has 2 rings (SSSR count). The fraction of sp³-hybridized carbons (Fsp3) is 0.500. The zero-order chi connectivity index (χ0) is 13.0. The van der Waals surface area contributed by atoms with Crippen LogP contribution in [0.15, 0.2) is 18.2 Å². The molecule has 2 unspecified atom stereocenters. The van der Waals surface area contributed by atoms with Crippen molar-refractivity contribution >= 4 is 11.6 Å². The summed E-state index contributed by atoms with van der Waals surface area (Å²) in [6.45, 7) is 0. The number of nitriles is 1. The Kier molecular flexibility index (Phi) is 4.46. The minimum Gasteiger partial charge on any atom is -0.487 e. The highest BCUT2D eigenvalue weighted by atomic mass is 35.5. The molecule has 0 radical (unpaired) electrons. The molecule has 4 heteroatoms. The molecular weight excluding hydrogens is 248 g/mol. The van der Waals surface area contributed by atoms with E-state index in [4.69, 9.17) is 21.6 Å². The molecule has 3 nitrogen and oxygen atoms in total. The molecule has 96 valence electrons. The first kappa shape index (κ1) is 13.2. The maximum Gasteiger partial charge on any atom is 0.138 e. The smallest absolute Gasteiger partial charge is 0.138 e. The molecule has 0 bridgehead atoms. The van der Waals surface area contributed by atoms with Crippen LogP contribution in [0, 0.1) is 11.3 Å². The Morgan fingerprint density at radius 3 is 2.83 bits per heavy atom. The molecule has 0 aliphatic heterocycles.